The zero-order chi connectivity index (χ0) is 24.5. The zero-order valence-electron chi connectivity index (χ0n) is 18.9. The number of rotatable bonds is 6. The van der Waals surface area contributed by atoms with Crippen LogP contribution in [0.2, 0.25) is 0 Å². The van der Waals surface area contributed by atoms with Gasteiger partial charge in [0, 0.05) is 6.07 Å². The number of phenols is 2. The number of ether oxygens (including phenoxy) is 1. The summed E-state index contributed by atoms with van der Waals surface area (Å²) in [5.74, 6) is -0.378. The van der Waals surface area contributed by atoms with Crippen LogP contribution in [0.1, 0.15) is 5.56 Å². The summed E-state index contributed by atoms with van der Waals surface area (Å²) < 4.78 is 5.96. The van der Waals surface area contributed by atoms with Crippen LogP contribution in [0.5, 0.6) is 17.2 Å². The van der Waals surface area contributed by atoms with E-state index >= 15 is 0 Å². The average Bonchev–Trinajstić information content (AvgIpc) is 3.51. The second kappa shape index (κ2) is 8.88. The molecule has 0 bridgehead atoms. The Morgan fingerprint density at radius 2 is 1.17 bits per heavy atom. The van der Waals surface area contributed by atoms with Crippen molar-refractivity contribution in [2.75, 3.05) is 6.61 Å². The number of benzene rings is 4. The van der Waals surface area contributed by atoms with E-state index in [0.29, 0.717) is 22.1 Å². The normalized spacial score (nSPS) is 11.6. The maximum atomic E-state index is 11.4. The minimum absolute atomic E-state index is 0.00488. The third-order valence-electron chi connectivity index (χ3n) is 5.61. The SMILES string of the molecule is Oc1cc(OCC=Cc2ccccc2)c(-n2nc3ccccc3n2)c(O)c1-n1nc2ccccc2n1. The highest BCUT2D eigenvalue weighted by Gasteiger charge is 2.25. The molecule has 0 unspecified atom stereocenters. The topological polar surface area (TPSA) is 111 Å². The van der Waals surface area contributed by atoms with Crippen molar-refractivity contribution in [3.63, 3.8) is 0 Å². The van der Waals surface area contributed by atoms with Gasteiger partial charge in [-0.05, 0) is 35.9 Å². The second-order valence-corrected chi connectivity index (χ2v) is 8.02. The average molecular weight is 476 g/mol. The number of aromatic nitrogens is 6. The molecule has 0 amide bonds. The van der Waals surface area contributed by atoms with Gasteiger partial charge in [-0.1, -0.05) is 60.7 Å². The third kappa shape index (κ3) is 3.88. The van der Waals surface area contributed by atoms with Gasteiger partial charge in [-0.3, -0.25) is 0 Å². The van der Waals surface area contributed by atoms with E-state index in [4.69, 9.17) is 4.74 Å². The van der Waals surface area contributed by atoms with Crippen LogP contribution < -0.4 is 4.74 Å². The molecule has 4 aromatic carbocycles. The number of hydrogen-bond donors (Lipinski definition) is 2. The Morgan fingerprint density at radius 1 is 0.667 bits per heavy atom. The van der Waals surface area contributed by atoms with Crippen molar-refractivity contribution in [2.45, 2.75) is 0 Å². The number of nitrogens with zero attached hydrogens (tertiary/aromatic N) is 6. The van der Waals surface area contributed by atoms with Crippen LogP contribution in [0.3, 0.4) is 0 Å². The predicted molar refractivity (Wildman–Crippen MR) is 136 cm³/mol. The van der Waals surface area contributed by atoms with Gasteiger partial charge in [0.25, 0.3) is 0 Å². The standard InChI is InChI=1S/C27H20N6O3/c34-23-17-24(36-16-8-11-18-9-2-1-3-10-18)26(33-30-21-14-6-7-15-22(21)31-33)27(35)25(23)32-28-19-12-4-5-13-20(19)29-32/h1-15,17,34-35H,16H2. The molecule has 2 heterocycles. The van der Waals surface area contributed by atoms with Crippen molar-refractivity contribution in [3.05, 3.63) is 96.6 Å². The fraction of sp³-hybridized carbons (Fsp3) is 0.0370. The van der Waals surface area contributed by atoms with Crippen LogP contribution in [0, 0.1) is 0 Å². The highest BCUT2D eigenvalue weighted by atomic mass is 16.5. The van der Waals surface area contributed by atoms with Gasteiger partial charge in [0.05, 0.1) is 0 Å². The fourth-order valence-corrected chi connectivity index (χ4v) is 3.92. The maximum absolute atomic E-state index is 11.4. The number of hydrogen-bond acceptors (Lipinski definition) is 7. The van der Waals surface area contributed by atoms with Gasteiger partial charge in [0.1, 0.15) is 28.7 Å². The predicted octanol–water partition coefficient (Wildman–Crippen LogP) is 4.66. The molecule has 0 spiro atoms. The van der Waals surface area contributed by atoms with Crippen LogP contribution in [-0.2, 0) is 0 Å². The number of phenolic OH excluding ortho intramolecular Hbond substituents is 2. The Balaban J connectivity index is 1.45. The van der Waals surface area contributed by atoms with E-state index < -0.39 is 0 Å². The molecule has 0 aliphatic carbocycles. The van der Waals surface area contributed by atoms with E-state index in [1.807, 2.05) is 78.9 Å². The van der Waals surface area contributed by atoms with Gasteiger partial charge in [-0.25, -0.2) is 0 Å². The highest BCUT2D eigenvalue weighted by Crippen LogP contribution is 2.42. The van der Waals surface area contributed by atoms with Crippen molar-refractivity contribution in [2.24, 2.45) is 0 Å². The van der Waals surface area contributed by atoms with Crippen molar-refractivity contribution in [3.8, 4) is 28.6 Å². The van der Waals surface area contributed by atoms with E-state index in [1.165, 1.54) is 15.7 Å². The van der Waals surface area contributed by atoms with Crippen molar-refractivity contribution in [1.29, 1.82) is 0 Å². The summed E-state index contributed by atoms with van der Waals surface area (Å²) in [6.07, 6.45) is 3.77. The van der Waals surface area contributed by atoms with Gasteiger partial charge in [0.2, 0.25) is 0 Å². The Hall–Kier alpha value is -5.18. The summed E-state index contributed by atoms with van der Waals surface area (Å²) in [6, 6.07) is 25.9. The molecule has 2 aromatic heterocycles. The molecule has 9 nitrogen and oxygen atoms in total. The largest absolute Gasteiger partial charge is 0.505 e. The smallest absolute Gasteiger partial charge is 0.178 e. The van der Waals surface area contributed by atoms with Crippen LogP contribution in [0.15, 0.2) is 91.0 Å². The van der Waals surface area contributed by atoms with Gasteiger partial charge in [0.15, 0.2) is 28.6 Å². The first-order valence-electron chi connectivity index (χ1n) is 11.3. The summed E-state index contributed by atoms with van der Waals surface area (Å²) in [6.45, 7) is 0.185. The highest BCUT2D eigenvalue weighted by molar-refractivity contribution is 5.77. The van der Waals surface area contributed by atoms with E-state index in [2.05, 4.69) is 20.4 Å². The number of fused-ring (bicyclic) bond motifs is 2. The summed E-state index contributed by atoms with van der Waals surface area (Å²) in [4.78, 5) is 2.49. The lowest BCUT2D eigenvalue weighted by Crippen LogP contribution is -2.08. The fourth-order valence-electron chi connectivity index (χ4n) is 3.92. The molecule has 0 saturated carbocycles. The van der Waals surface area contributed by atoms with E-state index in [0.717, 1.165) is 5.56 Å². The van der Waals surface area contributed by atoms with Gasteiger partial charge in [-0.2, -0.15) is 0 Å². The Kier molecular flexibility index (Phi) is 5.27. The lowest BCUT2D eigenvalue weighted by Gasteiger charge is -2.15. The summed E-state index contributed by atoms with van der Waals surface area (Å²) in [7, 11) is 0. The molecular formula is C27H20N6O3. The van der Waals surface area contributed by atoms with Crippen LogP contribution >= 0.6 is 0 Å². The lowest BCUT2D eigenvalue weighted by molar-refractivity contribution is 0.350. The number of aromatic hydroxyl groups is 2. The summed E-state index contributed by atoms with van der Waals surface area (Å²) in [5, 5.41) is 40.1. The molecule has 0 aliphatic heterocycles. The second-order valence-electron chi connectivity index (χ2n) is 8.02. The Morgan fingerprint density at radius 3 is 1.72 bits per heavy atom. The first-order chi connectivity index (χ1) is 17.7. The molecule has 0 atom stereocenters. The molecule has 0 aliphatic rings. The molecule has 6 rings (SSSR count). The van der Waals surface area contributed by atoms with Gasteiger partial charge < -0.3 is 14.9 Å². The van der Waals surface area contributed by atoms with Crippen molar-refractivity contribution >= 4 is 28.1 Å². The van der Waals surface area contributed by atoms with Crippen LogP contribution in [0.25, 0.3) is 39.5 Å². The quantitative estimate of drug-likeness (QED) is 0.360. The van der Waals surface area contributed by atoms with Crippen molar-refractivity contribution in [1.82, 2.24) is 30.0 Å². The third-order valence-corrected chi connectivity index (χ3v) is 5.61. The van der Waals surface area contributed by atoms with Crippen molar-refractivity contribution < 1.29 is 14.9 Å². The molecule has 2 N–H and O–H groups in total. The van der Waals surface area contributed by atoms with Gasteiger partial charge in [-0.15, -0.1) is 30.0 Å². The molecule has 0 fully saturated rings. The molecule has 6 aromatic rings. The minimum Gasteiger partial charge on any atom is -0.505 e. The molecule has 9 heteroatoms. The molecule has 0 saturated heterocycles. The molecule has 176 valence electrons. The van der Waals surface area contributed by atoms with E-state index in [1.54, 1.807) is 12.1 Å². The maximum Gasteiger partial charge on any atom is 0.178 e. The minimum atomic E-state index is -0.322. The Labute approximate surface area is 205 Å². The molecule has 0 radical (unpaired) electrons. The van der Waals surface area contributed by atoms with E-state index in [9.17, 15) is 10.2 Å². The monoisotopic (exact) mass is 476 g/mol. The summed E-state index contributed by atoms with van der Waals surface area (Å²) in [5.41, 5.74) is 3.70. The van der Waals surface area contributed by atoms with Crippen LogP contribution in [-0.4, -0.2) is 46.8 Å². The first-order valence-corrected chi connectivity index (χ1v) is 11.3. The Bertz CT molecular complexity index is 1660. The molecule has 36 heavy (non-hydrogen) atoms. The van der Waals surface area contributed by atoms with Gasteiger partial charge >= 0.3 is 0 Å². The van der Waals surface area contributed by atoms with Crippen LogP contribution in [0.4, 0.5) is 0 Å². The lowest BCUT2D eigenvalue weighted by atomic mass is 10.2. The zero-order valence-corrected chi connectivity index (χ0v) is 18.9. The summed E-state index contributed by atoms with van der Waals surface area (Å²) >= 11 is 0. The molecular weight excluding hydrogens is 456 g/mol. The first kappa shape index (κ1) is 21.4. The van der Waals surface area contributed by atoms with E-state index in [-0.39, 0.29) is 35.2 Å².